The Morgan fingerprint density at radius 1 is 1.17 bits per heavy atom. The van der Waals surface area contributed by atoms with Gasteiger partial charge in [0.15, 0.2) is 11.5 Å². The van der Waals surface area contributed by atoms with Crippen molar-refractivity contribution >= 4 is 36.4 Å². The summed E-state index contributed by atoms with van der Waals surface area (Å²) < 4.78 is 10.9. The molecule has 2 aliphatic heterocycles. The number of nitrogens with one attached hydrogen (secondary N) is 1. The summed E-state index contributed by atoms with van der Waals surface area (Å²) in [6.45, 7) is 6.76. The van der Waals surface area contributed by atoms with Crippen LogP contribution >= 0.6 is 36.4 Å². The maximum absolute atomic E-state index is 6.52. The van der Waals surface area contributed by atoms with Gasteiger partial charge in [0.1, 0.15) is 0 Å². The molecule has 2 heterocycles. The molecule has 7 heteroatoms. The molecular formula is C16H25Cl3N2O2. The third-order valence-corrected chi connectivity index (χ3v) is 4.60. The van der Waals surface area contributed by atoms with Crippen molar-refractivity contribution in [1.82, 2.24) is 10.2 Å². The van der Waals surface area contributed by atoms with Crippen molar-refractivity contribution < 1.29 is 9.47 Å². The van der Waals surface area contributed by atoms with Crippen LogP contribution < -0.4 is 14.8 Å². The molecular weight excluding hydrogens is 359 g/mol. The van der Waals surface area contributed by atoms with Crippen LogP contribution in [0.3, 0.4) is 0 Å². The van der Waals surface area contributed by atoms with Gasteiger partial charge in [0.2, 0.25) is 6.79 Å². The quantitative estimate of drug-likeness (QED) is 0.831. The van der Waals surface area contributed by atoms with E-state index in [1.54, 1.807) is 0 Å². The number of hydrogen-bond acceptors (Lipinski definition) is 4. The smallest absolute Gasteiger partial charge is 0.231 e. The number of hydrogen-bond donors (Lipinski definition) is 1. The van der Waals surface area contributed by atoms with Crippen LogP contribution in [0.4, 0.5) is 0 Å². The zero-order chi connectivity index (χ0) is 14.7. The minimum Gasteiger partial charge on any atom is -0.454 e. The van der Waals surface area contributed by atoms with E-state index >= 15 is 0 Å². The number of benzene rings is 1. The third-order valence-electron chi connectivity index (χ3n) is 4.27. The van der Waals surface area contributed by atoms with Gasteiger partial charge in [0, 0.05) is 43.3 Å². The van der Waals surface area contributed by atoms with Gasteiger partial charge in [-0.25, -0.2) is 0 Å². The molecule has 1 aromatic rings. The van der Waals surface area contributed by atoms with E-state index in [9.17, 15) is 0 Å². The molecule has 0 spiro atoms. The van der Waals surface area contributed by atoms with Crippen molar-refractivity contribution in [2.75, 3.05) is 33.0 Å². The van der Waals surface area contributed by atoms with E-state index in [1.165, 1.54) is 18.4 Å². The number of piperazine rings is 1. The van der Waals surface area contributed by atoms with Crippen LogP contribution in [-0.4, -0.2) is 37.9 Å². The number of ether oxygens (including phenoxy) is 2. The van der Waals surface area contributed by atoms with E-state index < -0.39 is 0 Å². The largest absolute Gasteiger partial charge is 0.454 e. The molecule has 1 aromatic carbocycles. The summed E-state index contributed by atoms with van der Waals surface area (Å²) in [5.74, 6) is 1.59. The lowest BCUT2D eigenvalue weighted by Gasteiger charge is -2.35. The Kier molecular flexibility index (Phi) is 8.80. The fourth-order valence-electron chi connectivity index (χ4n) is 3.11. The molecule has 1 N–H and O–H groups in total. The summed E-state index contributed by atoms with van der Waals surface area (Å²) in [6, 6.07) is 4.35. The molecule has 0 amide bonds. The number of fused-ring (bicyclic) bond motifs is 1. The van der Waals surface area contributed by atoms with Crippen molar-refractivity contribution in [2.24, 2.45) is 0 Å². The standard InChI is InChI=1S/C16H23ClN2O2.2ClH/c1-2-3-4-14(19-7-5-18-6-8-19)12-9-15-16(10-13(12)17)21-11-20-15;;/h9-10,14,18H,2-8,11H2,1H3;2*1H/t14-;;/m0../s1. The van der Waals surface area contributed by atoms with E-state index in [-0.39, 0.29) is 24.8 Å². The second kappa shape index (κ2) is 9.80. The van der Waals surface area contributed by atoms with Gasteiger partial charge in [0.05, 0.1) is 0 Å². The predicted molar refractivity (Wildman–Crippen MR) is 98.8 cm³/mol. The average Bonchev–Trinajstić information content (AvgIpc) is 2.96. The molecule has 0 saturated carbocycles. The molecule has 0 aliphatic carbocycles. The average molecular weight is 384 g/mol. The van der Waals surface area contributed by atoms with Crippen LogP contribution in [0.15, 0.2) is 12.1 Å². The second-order valence-corrected chi connectivity index (χ2v) is 6.08. The second-order valence-electron chi connectivity index (χ2n) is 5.67. The maximum atomic E-state index is 6.52. The number of nitrogens with zero attached hydrogens (tertiary/aromatic N) is 1. The van der Waals surface area contributed by atoms with Crippen molar-refractivity contribution in [3.05, 3.63) is 22.7 Å². The van der Waals surface area contributed by atoms with Crippen LogP contribution in [0, 0.1) is 0 Å². The third kappa shape index (κ3) is 4.80. The lowest BCUT2D eigenvalue weighted by atomic mass is 9.98. The SMILES string of the molecule is CCCC[C@@H](c1cc2c(cc1Cl)OCO2)N1CCNCC1.Cl.Cl. The fourth-order valence-corrected chi connectivity index (χ4v) is 3.39. The molecule has 4 nitrogen and oxygen atoms in total. The van der Waals surface area contributed by atoms with Crippen LogP contribution in [-0.2, 0) is 0 Å². The Balaban J connectivity index is 0.00000132. The topological polar surface area (TPSA) is 33.7 Å². The molecule has 3 rings (SSSR count). The number of rotatable bonds is 5. The molecule has 1 saturated heterocycles. The molecule has 0 radical (unpaired) electrons. The summed E-state index contributed by atoms with van der Waals surface area (Å²) in [4.78, 5) is 2.54. The molecule has 1 fully saturated rings. The van der Waals surface area contributed by atoms with E-state index in [2.05, 4.69) is 23.2 Å². The van der Waals surface area contributed by atoms with Gasteiger partial charge in [-0.1, -0.05) is 31.4 Å². The van der Waals surface area contributed by atoms with Gasteiger partial charge in [-0.3, -0.25) is 4.90 Å². The van der Waals surface area contributed by atoms with E-state index in [4.69, 9.17) is 21.1 Å². The Morgan fingerprint density at radius 3 is 2.48 bits per heavy atom. The summed E-state index contributed by atoms with van der Waals surface area (Å²) in [5, 5.41) is 4.20. The Hall–Kier alpha value is -0.390. The van der Waals surface area contributed by atoms with E-state index in [0.29, 0.717) is 12.8 Å². The first-order chi connectivity index (χ1) is 10.3. The van der Waals surface area contributed by atoms with Crippen LogP contribution in [0.25, 0.3) is 0 Å². The Bertz CT molecular complexity index is 496. The highest BCUT2D eigenvalue weighted by molar-refractivity contribution is 6.31. The lowest BCUT2D eigenvalue weighted by Crippen LogP contribution is -2.45. The Labute approximate surface area is 155 Å². The summed E-state index contributed by atoms with van der Waals surface area (Å²) >= 11 is 6.52. The first kappa shape index (κ1) is 20.7. The molecule has 132 valence electrons. The highest BCUT2D eigenvalue weighted by Gasteiger charge is 2.26. The van der Waals surface area contributed by atoms with Crippen LogP contribution in [0.2, 0.25) is 5.02 Å². The Morgan fingerprint density at radius 2 is 1.83 bits per heavy atom. The zero-order valence-corrected chi connectivity index (χ0v) is 15.7. The van der Waals surface area contributed by atoms with Gasteiger partial charge in [-0.2, -0.15) is 0 Å². The van der Waals surface area contributed by atoms with Gasteiger partial charge >= 0.3 is 0 Å². The van der Waals surface area contributed by atoms with E-state index in [1.807, 2.05) is 6.07 Å². The lowest BCUT2D eigenvalue weighted by molar-refractivity contribution is 0.162. The first-order valence-electron chi connectivity index (χ1n) is 7.83. The number of unbranched alkanes of at least 4 members (excludes halogenated alkanes) is 1. The molecule has 1 atom stereocenters. The first-order valence-corrected chi connectivity index (χ1v) is 8.21. The molecule has 0 aromatic heterocycles. The minimum atomic E-state index is 0. The summed E-state index contributed by atoms with van der Waals surface area (Å²) in [5.41, 5.74) is 1.18. The van der Waals surface area contributed by atoms with Crippen molar-refractivity contribution in [1.29, 1.82) is 0 Å². The molecule has 23 heavy (non-hydrogen) atoms. The van der Waals surface area contributed by atoms with Gasteiger partial charge in [-0.05, 0) is 18.1 Å². The highest BCUT2D eigenvalue weighted by Crippen LogP contribution is 2.41. The van der Waals surface area contributed by atoms with Gasteiger partial charge in [0.25, 0.3) is 0 Å². The van der Waals surface area contributed by atoms with Gasteiger partial charge < -0.3 is 14.8 Å². The van der Waals surface area contributed by atoms with Crippen molar-refractivity contribution in [2.45, 2.75) is 32.2 Å². The molecule has 0 bridgehead atoms. The van der Waals surface area contributed by atoms with Gasteiger partial charge in [-0.15, -0.1) is 24.8 Å². The maximum Gasteiger partial charge on any atom is 0.231 e. The monoisotopic (exact) mass is 382 g/mol. The summed E-state index contributed by atoms with van der Waals surface area (Å²) in [7, 11) is 0. The van der Waals surface area contributed by atoms with Crippen LogP contribution in [0.1, 0.15) is 37.8 Å². The highest BCUT2D eigenvalue weighted by atomic mass is 35.5. The summed E-state index contributed by atoms with van der Waals surface area (Å²) in [6.07, 6.45) is 3.54. The minimum absolute atomic E-state index is 0. The zero-order valence-electron chi connectivity index (χ0n) is 13.3. The molecule has 0 unspecified atom stereocenters. The number of halogens is 3. The van der Waals surface area contributed by atoms with Crippen molar-refractivity contribution in [3.63, 3.8) is 0 Å². The fraction of sp³-hybridized carbons (Fsp3) is 0.625. The molecule has 2 aliphatic rings. The van der Waals surface area contributed by atoms with E-state index in [0.717, 1.165) is 49.1 Å². The predicted octanol–water partition coefficient (Wildman–Crippen LogP) is 4.05. The normalized spacial score (nSPS) is 18.0. The van der Waals surface area contributed by atoms with Crippen LogP contribution in [0.5, 0.6) is 11.5 Å². The van der Waals surface area contributed by atoms with Crippen molar-refractivity contribution in [3.8, 4) is 11.5 Å².